The minimum Gasteiger partial charge on any atom is -0.548 e. The van der Waals surface area contributed by atoms with Gasteiger partial charge in [0.15, 0.2) is 0 Å². The van der Waals surface area contributed by atoms with E-state index < -0.39 is 22.0 Å². The molecule has 7 heteroatoms. The van der Waals surface area contributed by atoms with Gasteiger partial charge in [-0.3, -0.25) is 0 Å². The van der Waals surface area contributed by atoms with E-state index in [-0.39, 0.29) is 11.3 Å². The van der Waals surface area contributed by atoms with Gasteiger partial charge >= 0.3 is 0 Å². The quantitative estimate of drug-likeness (QED) is 0.662. The summed E-state index contributed by atoms with van der Waals surface area (Å²) in [5.41, 5.74) is 4.47. The summed E-state index contributed by atoms with van der Waals surface area (Å²) >= 11 is 0. The van der Waals surface area contributed by atoms with Crippen molar-refractivity contribution < 1.29 is 18.3 Å². The number of hydrogen-bond donors (Lipinski definition) is 2. The van der Waals surface area contributed by atoms with Crippen LogP contribution >= 0.6 is 0 Å². The molecule has 2 aromatic carbocycles. The molecular formula is C21H23N2O4S-. The number of fused-ring (bicyclic) bond motifs is 1. The third-order valence-electron chi connectivity index (χ3n) is 5.25. The van der Waals surface area contributed by atoms with Crippen LogP contribution in [0.15, 0.2) is 41.4 Å². The van der Waals surface area contributed by atoms with E-state index in [1.54, 1.807) is 20.0 Å². The highest BCUT2D eigenvalue weighted by atomic mass is 32.2. The number of rotatable bonds is 6. The van der Waals surface area contributed by atoms with E-state index in [9.17, 15) is 18.3 Å². The van der Waals surface area contributed by atoms with Gasteiger partial charge in [-0.2, -0.15) is 0 Å². The number of para-hydroxylation sites is 1. The number of H-pyrrole nitrogens is 1. The Morgan fingerprint density at radius 2 is 1.71 bits per heavy atom. The molecule has 3 aromatic rings. The van der Waals surface area contributed by atoms with Crippen LogP contribution in [0.4, 0.5) is 0 Å². The van der Waals surface area contributed by atoms with Crippen molar-refractivity contribution in [1.29, 1.82) is 0 Å². The van der Waals surface area contributed by atoms with Crippen LogP contribution in [0.25, 0.3) is 10.9 Å². The minimum atomic E-state index is -4.05. The number of aliphatic carboxylic acids is 1. The number of carbonyl (C=O) groups excluding carboxylic acids is 1. The summed E-state index contributed by atoms with van der Waals surface area (Å²) in [6.07, 6.45) is 1.68. The molecule has 1 aromatic heterocycles. The van der Waals surface area contributed by atoms with E-state index in [0.29, 0.717) is 16.7 Å². The molecule has 0 aliphatic heterocycles. The van der Waals surface area contributed by atoms with Crippen molar-refractivity contribution in [3.05, 3.63) is 64.3 Å². The van der Waals surface area contributed by atoms with Gasteiger partial charge in [-0.05, 0) is 68.0 Å². The lowest BCUT2D eigenvalue weighted by Gasteiger charge is -2.22. The number of aromatic amines is 1. The largest absolute Gasteiger partial charge is 0.548 e. The number of carboxylic acids is 1. The second-order valence-corrected chi connectivity index (χ2v) is 8.80. The monoisotopic (exact) mass is 399 g/mol. The number of carbonyl (C=O) groups is 1. The minimum absolute atomic E-state index is 0.0194. The van der Waals surface area contributed by atoms with Crippen molar-refractivity contribution in [1.82, 2.24) is 9.71 Å². The van der Waals surface area contributed by atoms with Gasteiger partial charge in [0, 0.05) is 17.1 Å². The Hall–Kier alpha value is -2.64. The maximum Gasteiger partial charge on any atom is 0.241 e. The first kappa shape index (κ1) is 20.1. The van der Waals surface area contributed by atoms with Crippen LogP contribution in [0.3, 0.4) is 0 Å². The van der Waals surface area contributed by atoms with Crippen LogP contribution in [-0.4, -0.2) is 25.4 Å². The molecule has 6 nitrogen and oxygen atoms in total. The highest BCUT2D eigenvalue weighted by Gasteiger charge is 2.26. The molecule has 1 atom stereocenters. The lowest BCUT2D eigenvalue weighted by Crippen LogP contribution is -2.49. The number of nitrogens with one attached hydrogen (secondary N) is 2. The third-order valence-corrected chi connectivity index (χ3v) is 6.99. The normalized spacial score (nSPS) is 13.0. The SMILES string of the molecule is Cc1cc(C)c(C)c(S(=O)(=O)NC(Cc2c[nH]c3ccccc23)C(=O)[O-])c1C. The average molecular weight is 399 g/mol. The highest BCUT2D eigenvalue weighted by molar-refractivity contribution is 7.89. The molecule has 0 saturated carbocycles. The Morgan fingerprint density at radius 1 is 1.11 bits per heavy atom. The summed E-state index contributed by atoms with van der Waals surface area (Å²) < 4.78 is 28.5. The molecule has 2 N–H and O–H groups in total. The molecule has 0 radical (unpaired) electrons. The Bertz CT molecular complexity index is 1140. The van der Waals surface area contributed by atoms with Crippen LogP contribution in [0.2, 0.25) is 0 Å². The van der Waals surface area contributed by atoms with Crippen molar-refractivity contribution in [3.8, 4) is 0 Å². The zero-order valence-electron chi connectivity index (χ0n) is 16.3. The van der Waals surface area contributed by atoms with Gasteiger partial charge in [0.25, 0.3) is 0 Å². The maximum atomic E-state index is 13.1. The van der Waals surface area contributed by atoms with E-state index in [1.807, 2.05) is 44.2 Å². The van der Waals surface area contributed by atoms with Gasteiger partial charge in [-0.15, -0.1) is 0 Å². The van der Waals surface area contributed by atoms with E-state index in [0.717, 1.165) is 22.0 Å². The maximum absolute atomic E-state index is 13.1. The predicted octanol–water partition coefficient (Wildman–Crippen LogP) is 2.04. The average Bonchev–Trinajstić information content (AvgIpc) is 3.02. The second-order valence-electron chi connectivity index (χ2n) is 7.15. The first-order valence-electron chi connectivity index (χ1n) is 8.97. The molecule has 0 fully saturated rings. The number of aromatic nitrogens is 1. The van der Waals surface area contributed by atoms with Crippen LogP contribution < -0.4 is 9.83 Å². The summed E-state index contributed by atoms with van der Waals surface area (Å²) in [6, 6.07) is 7.99. The lowest BCUT2D eigenvalue weighted by atomic mass is 10.0. The van der Waals surface area contributed by atoms with Gasteiger partial charge in [-0.1, -0.05) is 24.3 Å². The van der Waals surface area contributed by atoms with Crippen LogP contribution in [0.5, 0.6) is 0 Å². The predicted molar refractivity (Wildman–Crippen MR) is 107 cm³/mol. The number of sulfonamides is 1. The molecule has 0 aliphatic rings. The fourth-order valence-electron chi connectivity index (χ4n) is 3.52. The van der Waals surface area contributed by atoms with Crippen molar-refractivity contribution >= 4 is 26.9 Å². The molecule has 0 saturated heterocycles. The second kappa shape index (κ2) is 7.41. The topological polar surface area (TPSA) is 102 Å². The van der Waals surface area contributed by atoms with Crippen molar-refractivity contribution in [2.24, 2.45) is 0 Å². The molecule has 1 unspecified atom stereocenters. The molecule has 0 spiro atoms. The molecule has 3 rings (SSSR count). The summed E-state index contributed by atoms with van der Waals surface area (Å²) in [4.78, 5) is 14.9. The molecule has 0 amide bonds. The molecule has 28 heavy (non-hydrogen) atoms. The van der Waals surface area contributed by atoms with Crippen LogP contribution in [0, 0.1) is 27.7 Å². The van der Waals surface area contributed by atoms with Gasteiger partial charge in [-0.25, -0.2) is 13.1 Å². The van der Waals surface area contributed by atoms with Crippen LogP contribution in [0.1, 0.15) is 27.8 Å². The first-order chi connectivity index (χ1) is 13.1. The van der Waals surface area contributed by atoms with Crippen molar-refractivity contribution in [2.45, 2.75) is 45.1 Å². The van der Waals surface area contributed by atoms with E-state index in [1.165, 1.54) is 0 Å². The zero-order chi connectivity index (χ0) is 20.6. The Morgan fingerprint density at radius 3 is 2.32 bits per heavy atom. The fourth-order valence-corrected chi connectivity index (χ4v) is 5.32. The Kier molecular flexibility index (Phi) is 5.32. The Labute approximate surface area is 164 Å². The van der Waals surface area contributed by atoms with Crippen molar-refractivity contribution in [2.75, 3.05) is 0 Å². The molecule has 1 heterocycles. The van der Waals surface area contributed by atoms with Gasteiger partial charge in [0.05, 0.1) is 16.9 Å². The lowest BCUT2D eigenvalue weighted by molar-refractivity contribution is -0.307. The summed E-state index contributed by atoms with van der Waals surface area (Å²) in [5.74, 6) is -1.46. The van der Waals surface area contributed by atoms with E-state index >= 15 is 0 Å². The summed E-state index contributed by atoms with van der Waals surface area (Å²) in [5, 5.41) is 12.6. The first-order valence-corrected chi connectivity index (χ1v) is 10.5. The number of carboxylic acid groups (broad SMARTS) is 1. The van der Waals surface area contributed by atoms with Crippen LogP contribution in [-0.2, 0) is 21.2 Å². The molecule has 148 valence electrons. The van der Waals surface area contributed by atoms with Crippen molar-refractivity contribution in [3.63, 3.8) is 0 Å². The highest BCUT2D eigenvalue weighted by Crippen LogP contribution is 2.26. The van der Waals surface area contributed by atoms with E-state index in [4.69, 9.17) is 0 Å². The van der Waals surface area contributed by atoms with Gasteiger partial charge in [0.2, 0.25) is 10.0 Å². The van der Waals surface area contributed by atoms with Gasteiger partial charge in [0.1, 0.15) is 0 Å². The van der Waals surface area contributed by atoms with E-state index in [2.05, 4.69) is 9.71 Å². The standard InChI is InChI=1S/C21H24N2O4S/c1-12-9-13(2)15(4)20(14(12)3)28(26,27)23-19(21(24)25)10-16-11-22-18-8-6-5-7-17(16)18/h5-9,11,19,22-23H,10H2,1-4H3,(H,24,25)/p-1. The number of aryl methyl sites for hydroxylation is 2. The van der Waals surface area contributed by atoms with Gasteiger partial charge < -0.3 is 14.9 Å². The zero-order valence-corrected chi connectivity index (χ0v) is 17.1. The summed E-state index contributed by atoms with van der Waals surface area (Å²) in [6.45, 7) is 7.12. The number of hydrogen-bond acceptors (Lipinski definition) is 4. The summed E-state index contributed by atoms with van der Waals surface area (Å²) in [7, 11) is -4.05. The molecule has 0 bridgehead atoms. The fraction of sp³-hybridized carbons (Fsp3) is 0.286. The molecular weight excluding hydrogens is 376 g/mol. The number of benzene rings is 2. The Balaban J connectivity index is 1.98. The smallest absolute Gasteiger partial charge is 0.241 e. The third kappa shape index (κ3) is 3.68. The molecule has 0 aliphatic carbocycles.